The van der Waals surface area contributed by atoms with Gasteiger partial charge in [-0.1, -0.05) is 0 Å². The van der Waals surface area contributed by atoms with Crippen molar-refractivity contribution in [2.75, 3.05) is 23.7 Å². The molecule has 1 saturated heterocycles. The average molecular weight is 248 g/mol. The Morgan fingerprint density at radius 2 is 2.33 bits per heavy atom. The Morgan fingerprint density at radius 3 is 3.11 bits per heavy atom. The van der Waals surface area contributed by atoms with Gasteiger partial charge in [-0.25, -0.2) is 0 Å². The van der Waals surface area contributed by atoms with Gasteiger partial charge in [0.05, 0.1) is 17.2 Å². The van der Waals surface area contributed by atoms with Gasteiger partial charge >= 0.3 is 0 Å². The Kier molecular flexibility index (Phi) is 2.37. The number of nitrogen functional groups attached to an aromatic ring is 1. The van der Waals surface area contributed by atoms with Gasteiger partial charge in [0.1, 0.15) is 5.82 Å². The number of rotatable bonds is 1. The molecule has 0 aliphatic carbocycles. The number of aliphatic hydroxyl groups is 1. The summed E-state index contributed by atoms with van der Waals surface area (Å²) in [4.78, 5) is 10.4. The van der Waals surface area contributed by atoms with Gasteiger partial charge in [0.2, 0.25) is 5.95 Å². The van der Waals surface area contributed by atoms with E-state index < -0.39 is 5.60 Å². The number of nitrogens with zero attached hydrogens (tertiary/aromatic N) is 4. The van der Waals surface area contributed by atoms with Crippen molar-refractivity contribution in [3.8, 4) is 0 Å². The fourth-order valence-corrected chi connectivity index (χ4v) is 2.48. The second-order valence-electron chi connectivity index (χ2n) is 5.06. The zero-order valence-corrected chi connectivity index (χ0v) is 10.2. The van der Waals surface area contributed by atoms with Crippen molar-refractivity contribution < 1.29 is 5.11 Å². The number of fused-ring (bicyclic) bond motifs is 1. The Balaban J connectivity index is 2.05. The molecule has 18 heavy (non-hydrogen) atoms. The first-order chi connectivity index (χ1) is 8.55. The minimum absolute atomic E-state index is 0.215. The largest absolute Gasteiger partial charge is 0.388 e. The van der Waals surface area contributed by atoms with Crippen LogP contribution in [0.15, 0.2) is 6.20 Å². The standard InChI is InChI=1S/C11H16N6O/c1-11(18)3-2-4-17(6-11)9-7-5-13-16-8(7)14-10(12)15-9/h5,18H,2-4,6H2,1H3,(H3,12,13,14,15,16)/t11-/m1/s1. The first-order valence-corrected chi connectivity index (χ1v) is 5.99. The monoisotopic (exact) mass is 248 g/mol. The smallest absolute Gasteiger partial charge is 0.224 e. The first kappa shape index (κ1) is 11.2. The normalized spacial score (nSPS) is 24.7. The molecule has 3 heterocycles. The highest BCUT2D eigenvalue weighted by atomic mass is 16.3. The van der Waals surface area contributed by atoms with Crippen molar-refractivity contribution >= 4 is 22.8 Å². The van der Waals surface area contributed by atoms with Crippen LogP contribution in [-0.2, 0) is 0 Å². The van der Waals surface area contributed by atoms with Crippen molar-refractivity contribution in [2.45, 2.75) is 25.4 Å². The summed E-state index contributed by atoms with van der Waals surface area (Å²) in [7, 11) is 0. The first-order valence-electron chi connectivity index (χ1n) is 5.99. The lowest BCUT2D eigenvalue weighted by Crippen LogP contribution is -2.46. The summed E-state index contributed by atoms with van der Waals surface area (Å²) in [6.07, 6.45) is 3.42. The fraction of sp³-hybridized carbons (Fsp3) is 0.545. The van der Waals surface area contributed by atoms with Crippen LogP contribution in [0, 0.1) is 0 Å². The topological polar surface area (TPSA) is 104 Å². The third kappa shape index (κ3) is 1.86. The highest BCUT2D eigenvalue weighted by Crippen LogP contribution is 2.29. The van der Waals surface area contributed by atoms with Crippen LogP contribution in [0.5, 0.6) is 0 Å². The Bertz CT molecular complexity index is 578. The number of anilines is 2. The molecule has 0 radical (unpaired) electrons. The average Bonchev–Trinajstić information content (AvgIpc) is 2.74. The van der Waals surface area contributed by atoms with Gasteiger partial charge in [0, 0.05) is 13.1 Å². The lowest BCUT2D eigenvalue weighted by molar-refractivity contribution is 0.0448. The maximum atomic E-state index is 10.2. The molecule has 2 aromatic heterocycles. The van der Waals surface area contributed by atoms with Crippen LogP contribution in [0.1, 0.15) is 19.8 Å². The summed E-state index contributed by atoms with van der Waals surface area (Å²) in [5.41, 5.74) is 5.64. The van der Waals surface area contributed by atoms with Crippen LogP contribution in [0.3, 0.4) is 0 Å². The summed E-state index contributed by atoms with van der Waals surface area (Å²) < 4.78 is 0. The van der Waals surface area contributed by atoms with Crippen LogP contribution < -0.4 is 10.6 Å². The number of β-amino-alcohol motifs (C(OH)–C–C–N with tert-alkyl or cyclic N) is 1. The van der Waals surface area contributed by atoms with Crippen molar-refractivity contribution in [2.24, 2.45) is 0 Å². The van der Waals surface area contributed by atoms with E-state index in [0.29, 0.717) is 12.2 Å². The number of hydrogen-bond donors (Lipinski definition) is 3. The minimum atomic E-state index is -0.686. The molecule has 0 saturated carbocycles. The van der Waals surface area contributed by atoms with Gasteiger partial charge in [-0.15, -0.1) is 0 Å². The van der Waals surface area contributed by atoms with E-state index in [9.17, 15) is 5.11 Å². The number of aromatic amines is 1. The molecule has 2 aromatic rings. The molecule has 96 valence electrons. The van der Waals surface area contributed by atoms with Crippen LogP contribution in [0.2, 0.25) is 0 Å². The number of nitrogens with one attached hydrogen (secondary N) is 1. The summed E-state index contributed by atoms with van der Waals surface area (Å²) in [6.45, 7) is 3.24. The molecule has 0 aromatic carbocycles. The summed E-state index contributed by atoms with van der Waals surface area (Å²) in [6, 6.07) is 0. The molecule has 3 rings (SSSR count). The van der Waals surface area contributed by atoms with Crippen molar-refractivity contribution in [3.63, 3.8) is 0 Å². The van der Waals surface area contributed by atoms with E-state index in [4.69, 9.17) is 5.73 Å². The minimum Gasteiger partial charge on any atom is -0.388 e. The molecule has 4 N–H and O–H groups in total. The molecule has 7 heteroatoms. The number of hydrogen-bond acceptors (Lipinski definition) is 6. The number of nitrogens with two attached hydrogens (primary N) is 1. The maximum Gasteiger partial charge on any atom is 0.224 e. The SMILES string of the molecule is C[C@@]1(O)CCCN(c2nc(N)nc3[nH]ncc23)C1. The van der Waals surface area contributed by atoms with Crippen molar-refractivity contribution in [1.29, 1.82) is 0 Å². The fourth-order valence-electron chi connectivity index (χ4n) is 2.48. The predicted molar refractivity (Wildman–Crippen MR) is 68.2 cm³/mol. The molecule has 0 amide bonds. The highest BCUT2D eigenvalue weighted by molar-refractivity contribution is 5.87. The van der Waals surface area contributed by atoms with Crippen LogP contribution >= 0.6 is 0 Å². The molecule has 1 aliphatic heterocycles. The van der Waals surface area contributed by atoms with Gasteiger partial charge < -0.3 is 15.7 Å². The molecule has 0 spiro atoms. The van der Waals surface area contributed by atoms with Gasteiger partial charge in [-0.3, -0.25) is 5.10 Å². The van der Waals surface area contributed by atoms with E-state index in [1.54, 1.807) is 6.20 Å². The molecule has 0 bridgehead atoms. The van der Waals surface area contributed by atoms with Crippen LogP contribution in [0.4, 0.5) is 11.8 Å². The molecular weight excluding hydrogens is 232 g/mol. The quantitative estimate of drug-likeness (QED) is 0.670. The van der Waals surface area contributed by atoms with Crippen molar-refractivity contribution in [3.05, 3.63) is 6.20 Å². The molecule has 1 fully saturated rings. The van der Waals surface area contributed by atoms with E-state index in [1.807, 2.05) is 11.8 Å². The van der Waals surface area contributed by atoms with Crippen LogP contribution in [0.25, 0.3) is 11.0 Å². The van der Waals surface area contributed by atoms with E-state index in [1.165, 1.54) is 0 Å². The van der Waals surface area contributed by atoms with Gasteiger partial charge in [-0.2, -0.15) is 15.1 Å². The highest BCUT2D eigenvalue weighted by Gasteiger charge is 2.30. The zero-order valence-electron chi connectivity index (χ0n) is 10.2. The third-order valence-electron chi connectivity index (χ3n) is 3.28. The Morgan fingerprint density at radius 1 is 1.50 bits per heavy atom. The molecular formula is C11H16N6O. The van der Waals surface area contributed by atoms with Crippen LogP contribution in [-0.4, -0.2) is 44.0 Å². The summed E-state index contributed by atoms with van der Waals surface area (Å²) >= 11 is 0. The Labute approximate surface area is 104 Å². The third-order valence-corrected chi connectivity index (χ3v) is 3.28. The van der Waals surface area contributed by atoms with E-state index in [2.05, 4.69) is 20.2 Å². The maximum absolute atomic E-state index is 10.2. The lowest BCUT2D eigenvalue weighted by atomic mass is 9.95. The van der Waals surface area contributed by atoms with Gasteiger partial charge in [0.25, 0.3) is 0 Å². The molecule has 1 aliphatic rings. The lowest BCUT2D eigenvalue weighted by Gasteiger charge is -2.37. The zero-order chi connectivity index (χ0) is 12.8. The summed E-state index contributed by atoms with van der Waals surface area (Å²) in [5.74, 6) is 0.957. The Hall–Kier alpha value is -1.89. The number of H-pyrrole nitrogens is 1. The van der Waals surface area contributed by atoms with Crippen molar-refractivity contribution in [1.82, 2.24) is 20.2 Å². The molecule has 7 nitrogen and oxygen atoms in total. The van der Waals surface area contributed by atoms with Gasteiger partial charge in [0.15, 0.2) is 5.65 Å². The summed E-state index contributed by atoms with van der Waals surface area (Å²) in [5, 5.41) is 17.7. The van der Waals surface area contributed by atoms with E-state index in [-0.39, 0.29) is 5.95 Å². The number of aromatic nitrogens is 4. The molecule has 1 atom stereocenters. The van der Waals surface area contributed by atoms with E-state index >= 15 is 0 Å². The molecule has 0 unspecified atom stereocenters. The van der Waals surface area contributed by atoms with Gasteiger partial charge in [-0.05, 0) is 19.8 Å². The second-order valence-corrected chi connectivity index (χ2v) is 5.06. The second kappa shape index (κ2) is 3.81. The van der Waals surface area contributed by atoms with E-state index in [0.717, 1.165) is 30.6 Å². The number of piperidine rings is 1. The predicted octanol–water partition coefficient (Wildman–Crippen LogP) is 0.286.